The Kier molecular flexibility index (Phi) is 3.53. The van der Waals surface area contributed by atoms with Crippen LogP contribution in [0.3, 0.4) is 0 Å². The summed E-state index contributed by atoms with van der Waals surface area (Å²) in [7, 11) is 3.05. The molecule has 1 aliphatic carbocycles. The molecule has 0 aromatic heterocycles. The van der Waals surface area contributed by atoms with Crippen molar-refractivity contribution in [1.29, 1.82) is 0 Å². The minimum Gasteiger partial charge on any atom is -0.468 e. The van der Waals surface area contributed by atoms with Gasteiger partial charge in [0.25, 0.3) is 0 Å². The second-order valence-corrected chi connectivity index (χ2v) is 4.54. The lowest BCUT2D eigenvalue weighted by atomic mass is 9.77. The van der Waals surface area contributed by atoms with Crippen molar-refractivity contribution in [2.45, 2.75) is 12.5 Å². The Balaban J connectivity index is 2.50. The van der Waals surface area contributed by atoms with Crippen LogP contribution < -0.4 is 0 Å². The summed E-state index contributed by atoms with van der Waals surface area (Å²) < 4.78 is 10.7. The molecule has 3 nitrogen and oxygen atoms in total. The molecule has 0 N–H and O–H groups in total. The molecule has 0 unspecified atom stereocenters. The quantitative estimate of drug-likeness (QED) is 0.607. The van der Waals surface area contributed by atoms with Crippen LogP contribution in [0.1, 0.15) is 12.5 Å². The highest BCUT2D eigenvalue weighted by atomic mass is 16.5. The lowest BCUT2D eigenvalue weighted by molar-refractivity contribution is -0.157. The summed E-state index contributed by atoms with van der Waals surface area (Å²) in [6.45, 7) is 2.05. The predicted molar refractivity (Wildman–Crippen MR) is 68.9 cm³/mol. The van der Waals surface area contributed by atoms with Gasteiger partial charge in [0.05, 0.1) is 7.11 Å². The van der Waals surface area contributed by atoms with Gasteiger partial charge in [0.1, 0.15) is 11.5 Å². The molecule has 1 aromatic carbocycles. The first-order chi connectivity index (χ1) is 8.66. The summed E-state index contributed by atoms with van der Waals surface area (Å²) in [6, 6.07) is 9.84. The summed E-state index contributed by atoms with van der Waals surface area (Å²) in [5.41, 5.74) is 0.342. The van der Waals surface area contributed by atoms with Crippen molar-refractivity contribution in [3.05, 3.63) is 48.0 Å². The van der Waals surface area contributed by atoms with E-state index < -0.39 is 11.5 Å². The van der Waals surface area contributed by atoms with E-state index in [1.165, 1.54) is 7.11 Å². The summed E-state index contributed by atoms with van der Waals surface area (Å²) in [6.07, 6.45) is 3.89. The van der Waals surface area contributed by atoms with E-state index in [-0.39, 0.29) is 11.9 Å². The number of methoxy groups -OCH3 is 2. The second kappa shape index (κ2) is 4.94. The molecule has 18 heavy (non-hydrogen) atoms. The highest BCUT2D eigenvalue weighted by Gasteiger charge is 2.50. The van der Waals surface area contributed by atoms with Crippen LogP contribution in [0.15, 0.2) is 42.5 Å². The van der Waals surface area contributed by atoms with Crippen LogP contribution in [0.4, 0.5) is 0 Å². The van der Waals surface area contributed by atoms with Crippen LogP contribution >= 0.6 is 0 Å². The molecular weight excluding hydrogens is 228 g/mol. The van der Waals surface area contributed by atoms with Gasteiger partial charge in [-0.2, -0.15) is 0 Å². The molecule has 0 radical (unpaired) electrons. The Morgan fingerprint density at radius 2 is 1.83 bits per heavy atom. The van der Waals surface area contributed by atoms with Gasteiger partial charge in [-0.3, -0.25) is 4.79 Å². The fourth-order valence-corrected chi connectivity index (χ4v) is 2.80. The number of hydrogen-bond acceptors (Lipinski definition) is 3. The molecule has 0 bridgehead atoms. The molecule has 1 aliphatic rings. The van der Waals surface area contributed by atoms with Gasteiger partial charge in [-0.15, -0.1) is 0 Å². The molecule has 0 heterocycles. The maximum atomic E-state index is 12.0. The minimum absolute atomic E-state index is 0.119. The number of rotatable bonds is 3. The van der Waals surface area contributed by atoms with Gasteiger partial charge in [-0.25, -0.2) is 0 Å². The molecule has 1 aromatic rings. The smallest absolute Gasteiger partial charge is 0.315 e. The van der Waals surface area contributed by atoms with Crippen molar-refractivity contribution >= 4 is 5.97 Å². The molecule has 0 saturated heterocycles. The number of ether oxygens (including phenoxy) is 2. The molecule has 3 heteroatoms. The first kappa shape index (κ1) is 12.8. The van der Waals surface area contributed by atoms with Crippen molar-refractivity contribution in [1.82, 2.24) is 0 Å². The Morgan fingerprint density at radius 1 is 1.17 bits per heavy atom. The van der Waals surface area contributed by atoms with Crippen molar-refractivity contribution in [2.24, 2.45) is 11.8 Å². The third-order valence-corrected chi connectivity index (χ3v) is 3.75. The highest BCUT2D eigenvalue weighted by molar-refractivity contribution is 5.77. The van der Waals surface area contributed by atoms with Gasteiger partial charge in [-0.05, 0) is 5.56 Å². The van der Waals surface area contributed by atoms with Crippen LogP contribution in [0.5, 0.6) is 0 Å². The van der Waals surface area contributed by atoms with E-state index in [9.17, 15) is 4.79 Å². The minimum atomic E-state index is -0.658. The van der Waals surface area contributed by atoms with E-state index in [1.54, 1.807) is 7.11 Å². The largest absolute Gasteiger partial charge is 0.468 e. The average molecular weight is 246 g/mol. The fraction of sp³-hybridized carbons (Fsp3) is 0.400. The Labute approximate surface area is 107 Å². The van der Waals surface area contributed by atoms with Gasteiger partial charge in [0.2, 0.25) is 0 Å². The number of benzene rings is 1. The Morgan fingerprint density at radius 3 is 2.39 bits per heavy atom. The fourth-order valence-electron chi connectivity index (χ4n) is 2.80. The van der Waals surface area contributed by atoms with Crippen molar-refractivity contribution in [2.75, 3.05) is 14.2 Å². The summed E-state index contributed by atoms with van der Waals surface area (Å²) in [5, 5.41) is 0. The maximum Gasteiger partial charge on any atom is 0.315 e. The van der Waals surface area contributed by atoms with Crippen LogP contribution in [-0.2, 0) is 19.9 Å². The second-order valence-electron chi connectivity index (χ2n) is 4.54. The van der Waals surface area contributed by atoms with E-state index in [4.69, 9.17) is 9.47 Å². The lowest BCUT2D eigenvalue weighted by Crippen LogP contribution is -2.42. The maximum absolute atomic E-state index is 12.0. The summed E-state index contributed by atoms with van der Waals surface area (Å²) in [5.74, 6) is -0.541. The van der Waals surface area contributed by atoms with E-state index in [1.807, 2.05) is 42.5 Å². The monoisotopic (exact) mass is 246 g/mol. The SMILES string of the molecule is COC(=O)[C@@H]1C=C[C@H](C)[C@@]1(OC)c1ccccc1. The van der Waals surface area contributed by atoms with Gasteiger partial charge in [-0.1, -0.05) is 49.4 Å². The first-order valence-corrected chi connectivity index (χ1v) is 6.03. The molecule has 96 valence electrons. The van der Waals surface area contributed by atoms with Crippen LogP contribution in [0.25, 0.3) is 0 Å². The van der Waals surface area contributed by atoms with Crippen LogP contribution in [0.2, 0.25) is 0 Å². The zero-order valence-electron chi connectivity index (χ0n) is 10.9. The first-order valence-electron chi connectivity index (χ1n) is 6.03. The zero-order valence-corrected chi connectivity index (χ0v) is 10.9. The van der Waals surface area contributed by atoms with Crippen molar-refractivity contribution in [3.63, 3.8) is 0 Å². The third kappa shape index (κ3) is 1.75. The number of carbonyl (C=O) groups excluding carboxylic acids is 1. The molecule has 3 atom stereocenters. The topological polar surface area (TPSA) is 35.5 Å². The molecule has 2 rings (SSSR count). The summed E-state index contributed by atoms with van der Waals surface area (Å²) in [4.78, 5) is 12.0. The normalized spacial score (nSPS) is 30.4. The molecule has 0 fully saturated rings. The number of carbonyl (C=O) groups is 1. The van der Waals surface area contributed by atoms with Crippen molar-refractivity contribution < 1.29 is 14.3 Å². The van der Waals surface area contributed by atoms with E-state index in [0.717, 1.165) is 5.56 Å². The van der Waals surface area contributed by atoms with Crippen LogP contribution in [0, 0.1) is 11.8 Å². The molecule has 0 amide bonds. The van der Waals surface area contributed by atoms with Gasteiger partial charge in [0, 0.05) is 13.0 Å². The molecule has 0 spiro atoms. The predicted octanol–water partition coefficient (Wildman–Crippen LogP) is 2.52. The van der Waals surface area contributed by atoms with Crippen molar-refractivity contribution in [3.8, 4) is 0 Å². The lowest BCUT2D eigenvalue weighted by Gasteiger charge is -2.37. The van der Waals surface area contributed by atoms with Crippen LogP contribution in [-0.4, -0.2) is 20.2 Å². The average Bonchev–Trinajstić information content (AvgIpc) is 2.76. The zero-order chi connectivity index (χ0) is 13.2. The standard InChI is InChI=1S/C15H18O3/c1-11-9-10-13(14(16)17-2)15(11,18-3)12-7-5-4-6-8-12/h4-11,13H,1-3H3/t11-,13-,15+/m0/s1. The van der Waals surface area contributed by atoms with E-state index >= 15 is 0 Å². The number of hydrogen-bond donors (Lipinski definition) is 0. The van der Waals surface area contributed by atoms with Gasteiger partial charge >= 0.3 is 5.97 Å². The van der Waals surface area contributed by atoms with Gasteiger partial charge < -0.3 is 9.47 Å². The summed E-state index contributed by atoms with van der Waals surface area (Å²) >= 11 is 0. The Bertz CT molecular complexity index is 452. The van der Waals surface area contributed by atoms with Gasteiger partial charge in [0.15, 0.2) is 0 Å². The third-order valence-electron chi connectivity index (χ3n) is 3.75. The molecule has 0 saturated carbocycles. The Hall–Kier alpha value is -1.61. The number of esters is 1. The van der Waals surface area contributed by atoms with E-state index in [0.29, 0.717) is 0 Å². The molecular formula is C15H18O3. The van der Waals surface area contributed by atoms with E-state index in [2.05, 4.69) is 6.92 Å². The highest BCUT2D eigenvalue weighted by Crippen LogP contribution is 2.46. The molecule has 0 aliphatic heterocycles.